The molecule has 1 fully saturated rings. The second-order valence-electron chi connectivity index (χ2n) is 13.0. The second kappa shape index (κ2) is 13.4. The molecule has 39 heavy (non-hydrogen) atoms. The third-order valence-corrected chi connectivity index (χ3v) is 9.92. The third-order valence-electron chi connectivity index (χ3n) is 9.92. The maximum Gasteiger partial charge on any atom is 0.163 e. The number of ketones is 3. The van der Waals surface area contributed by atoms with Crippen LogP contribution < -0.4 is 0 Å². The standard InChI is InChI=1S/C36H50O3/c1-6-10-29(31(7-2)34(38)17-24(4)37)19-27-20-33-32(28-11-8-9-12-28)22-30(25(5)36(33)35(39)21-27)18-26-15-13-23(3)14-16-26/h8,11-12,22-23,26-27,29,31H,6-7,9-10,13-21H2,1-5H3. The molecule has 0 spiro atoms. The third kappa shape index (κ3) is 7.08. The van der Waals surface area contributed by atoms with Gasteiger partial charge in [-0.1, -0.05) is 70.7 Å². The summed E-state index contributed by atoms with van der Waals surface area (Å²) in [6, 6.07) is 2.43. The molecule has 0 bridgehead atoms. The highest BCUT2D eigenvalue weighted by Gasteiger charge is 2.35. The molecule has 3 unspecified atom stereocenters. The largest absolute Gasteiger partial charge is 0.300 e. The summed E-state index contributed by atoms with van der Waals surface area (Å²) < 4.78 is 0. The molecule has 0 aliphatic heterocycles. The van der Waals surface area contributed by atoms with Gasteiger partial charge in [-0.25, -0.2) is 0 Å². The van der Waals surface area contributed by atoms with E-state index in [0.717, 1.165) is 62.3 Å². The number of hydrogen-bond donors (Lipinski definition) is 0. The Kier molecular flexibility index (Phi) is 10.2. The number of hydrogen-bond acceptors (Lipinski definition) is 3. The van der Waals surface area contributed by atoms with E-state index in [-0.39, 0.29) is 35.7 Å². The van der Waals surface area contributed by atoms with Crippen molar-refractivity contribution < 1.29 is 14.4 Å². The number of allylic oxidation sites excluding steroid dienone is 4. The SMILES string of the molecule is CCCC(CC1CC(=O)c2c(C)c(CC3CCC(C)CC3)cc(C3=CCC=C3)c2C1)C(CC)C(=O)CC(C)=O. The zero-order valence-electron chi connectivity index (χ0n) is 25.1. The van der Waals surface area contributed by atoms with Crippen molar-refractivity contribution in [1.29, 1.82) is 0 Å². The van der Waals surface area contributed by atoms with E-state index in [1.165, 1.54) is 60.4 Å². The quantitative estimate of drug-likeness (QED) is 0.254. The van der Waals surface area contributed by atoms with E-state index in [1.54, 1.807) is 0 Å². The lowest BCUT2D eigenvalue weighted by molar-refractivity contribution is -0.129. The van der Waals surface area contributed by atoms with Gasteiger partial charge in [-0.3, -0.25) is 14.4 Å². The average Bonchev–Trinajstić information content (AvgIpc) is 3.41. The molecule has 0 aromatic heterocycles. The highest BCUT2D eigenvalue weighted by atomic mass is 16.1. The fourth-order valence-electron chi connectivity index (χ4n) is 7.83. The van der Waals surface area contributed by atoms with Crippen molar-refractivity contribution in [3.05, 3.63) is 52.1 Å². The van der Waals surface area contributed by atoms with Gasteiger partial charge in [0.15, 0.2) is 5.78 Å². The molecule has 0 radical (unpaired) electrons. The van der Waals surface area contributed by atoms with Crippen LogP contribution in [0.25, 0.3) is 5.57 Å². The van der Waals surface area contributed by atoms with Gasteiger partial charge in [0.25, 0.3) is 0 Å². The van der Waals surface area contributed by atoms with Crippen LogP contribution in [0.3, 0.4) is 0 Å². The first-order valence-corrected chi connectivity index (χ1v) is 15.8. The van der Waals surface area contributed by atoms with Crippen LogP contribution in [0.2, 0.25) is 0 Å². The molecule has 0 saturated heterocycles. The van der Waals surface area contributed by atoms with E-state index in [9.17, 15) is 14.4 Å². The van der Waals surface area contributed by atoms with Crippen LogP contribution in [0, 0.1) is 36.5 Å². The number of carbonyl (C=O) groups excluding carboxylic acids is 3. The van der Waals surface area contributed by atoms with Gasteiger partial charge in [0, 0.05) is 17.9 Å². The minimum atomic E-state index is -0.0902. The molecule has 3 aliphatic carbocycles. The Bertz CT molecular complexity index is 1130. The minimum absolute atomic E-state index is 0.0394. The van der Waals surface area contributed by atoms with E-state index < -0.39 is 0 Å². The van der Waals surface area contributed by atoms with E-state index in [2.05, 4.69) is 52.0 Å². The first kappa shape index (κ1) is 29.7. The highest BCUT2D eigenvalue weighted by molar-refractivity contribution is 6.02. The summed E-state index contributed by atoms with van der Waals surface area (Å²) in [5, 5.41) is 0. The van der Waals surface area contributed by atoms with Crippen molar-refractivity contribution in [2.24, 2.45) is 29.6 Å². The molecule has 0 N–H and O–H groups in total. The normalized spacial score (nSPS) is 24.3. The van der Waals surface area contributed by atoms with Crippen LogP contribution in [-0.4, -0.2) is 17.3 Å². The summed E-state index contributed by atoms with van der Waals surface area (Å²) in [6.07, 6.45) is 19.2. The van der Waals surface area contributed by atoms with Gasteiger partial charge in [-0.15, -0.1) is 0 Å². The van der Waals surface area contributed by atoms with Crippen molar-refractivity contribution in [2.75, 3.05) is 0 Å². The fourth-order valence-corrected chi connectivity index (χ4v) is 7.83. The Balaban J connectivity index is 1.63. The molecular weight excluding hydrogens is 480 g/mol. The van der Waals surface area contributed by atoms with Crippen molar-refractivity contribution in [3.63, 3.8) is 0 Å². The van der Waals surface area contributed by atoms with E-state index >= 15 is 0 Å². The Morgan fingerprint density at radius 3 is 2.41 bits per heavy atom. The maximum absolute atomic E-state index is 13.9. The summed E-state index contributed by atoms with van der Waals surface area (Å²) in [5.41, 5.74) is 7.37. The van der Waals surface area contributed by atoms with E-state index in [0.29, 0.717) is 12.2 Å². The molecule has 0 amide bonds. The lowest BCUT2D eigenvalue weighted by Gasteiger charge is -2.34. The number of Topliss-reactive ketones (excluding diaryl/α,β-unsaturated/α-hetero) is 3. The Morgan fingerprint density at radius 1 is 1.05 bits per heavy atom. The first-order chi connectivity index (χ1) is 18.7. The Hall–Kier alpha value is -2.29. The van der Waals surface area contributed by atoms with Crippen LogP contribution in [0.1, 0.15) is 131 Å². The van der Waals surface area contributed by atoms with E-state index in [1.807, 2.05) is 0 Å². The molecule has 1 aromatic rings. The van der Waals surface area contributed by atoms with Crippen LogP contribution in [-0.2, 0) is 22.4 Å². The summed E-state index contributed by atoms with van der Waals surface area (Å²) in [4.78, 5) is 38.6. The predicted octanol–water partition coefficient (Wildman–Crippen LogP) is 8.83. The number of rotatable bonds is 12. The van der Waals surface area contributed by atoms with Crippen LogP contribution in [0.4, 0.5) is 0 Å². The predicted molar refractivity (Wildman–Crippen MR) is 161 cm³/mol. The zero-order chi connectivity index (χ0) is 28.1. The van der Waals surface area contributed by atoms with Crippen LogP contribution in [0.15, 0.2) is 24.3 Å². The van der Waals surface area contributed by atoms with Crippen molar-refractivity contribution >= 4 is 22.9 Å². The molecule has 3 heteroatoms. The van der Waals surface area contributed by atoms with E-state index in [4.69, 9.17) is 0 Å². The maximum atomic E-state index is 13.9. The van der Waals surface area contributed by atoms with Crippen molar-refractivity contribution in [1.82, 2.24) is 0 Å². The van der Waals surface area contributed by atoms with Crippen LogP contribution in [0.5, 0.6) is 0 Å². The molecule has 3 aliphatic rings. The smallest absolute Gasteiger partial charge is 0.163 e. The first-order valence-electron chi connectivity index (χ1n) is 15.8. The second-order valence-corrected chi connectivity index (χ2v) is 13.0. The average molecular weight is 531 g/mol. The lowest BCUT2D eigenvalue weighted by Crippen LogP contribution is -2.30. The summed E-state index contributed by atoms with van der Waals surface area (Å²) in [5.74, 6) is 2.28. The summed E-state index contributed by atoms with van der Waals surface area (Å²) in [7, 11) is 0. The molecule has 0 heterocycles. The van der Waals surface area contributed by atoms with Crippen molar-refractivity contribution in [2.45, 2.75) is 118 Å². The summed E-state index contributed by atoms with van der Waals surface area (Å²) >= 11 is 0. The Labute approximate surface area is 236 Å². The molecule has 3 atom stereocenters. The van der Waals surface area contributed by atoms with Gasteiger partial charge in [0.2, 0.25) is 0 Å². The number of benzene rings is 1. The van der Waals surface area contributed by atoms with Gasteiger partial charge in [0.05, 0.1) is 6.42 Å². The summed E-state index contributed by atoms with van der Waals surface area (Å²) in [6.45, 7) is 10.3. The van der Waals surface area contributed by atoms with Crippen LogP contribution >= 0.6 is 0 Å². The topological polar surface area (TPSA) is 51.2 Å². The van der Waals surface area contributed by atoms with Gasteiger partial charge in [-0.2, -0.15) is 0 Å². The fraction of sp³-hybridized carbons (Fsp3) is 0.639. The highest BCUT2D eigenvalue weighted by Crippen LogP contribution is 2.42. The van der Waals surface area contributed by atoms with Gasteiger partial charge < -0.3 is 0 Å². The van der Waals surface area contributed by atoms with Gasteiger partial charge in [0.1, 0.15) is 11.6 Å². The lowest BCUT2D eigenvalue weighted by atomic mass is 9.70. The number of carbonyl (C=O) groups is 3. The molecule has 1 aromatic carbocycles. The van der Waals surface area contributed by atoms with Gasteiger partial charge >= 0.3 is 0 Å². The van der Waals surface area contributed by atoms with Crippen molar-refractivity contribution in [3.8, 4) is 0 Å². The molecule has 212 valence electrons. The molecule has 3 nitrogen and oxygen atoms in total. The molecule has 4 rings (SSSR count). The number of fused-ring (bicyclic) bond motifs is 1. The Morgan fingerprint density at radius 2 is 1.79 bits per heavy atom. The van der Waals surface area contributed by atoms with Gasteiger partial charge in [-0.05, 0) is 110 Å². The molecule has 1 saturated carbocycles. The minimum Gasteiger partial charge on any atom is -0.300 e. The monoisotopic (exact) mass is 530 g/mol. The zero-order valence-corrected chi connectivity index (χ0v) is 25.1. The molecular formula is C36H50O3.